The first-order chi connectivity index (χ1) is 10.5. The second-order valence-electron chi connectivity index (χ2n) is 6.05. The van der Waals surface area contributed by atoms with Gasteiger partial charge in [-0.15, -0.1) is 6.58 Å². The Balaban J connectivity index is 2.49. The second-order valence-corrected chi connectivity index (χ2v) is 6.05. The normalized spacial score (nSPS) is 11.5. The molecule has 2 heterocycles. The van der Waals surface area contributed by atoms with Gasteiger partial charge in [-0.2, -0.15) is 0 Å². The molecule has 0 saturated heterocycles. The molecule has 0 atom stereocenters. The summed E-state index contributed by atoms with van der Waals surface area (Å²) >= 11 is 0. The highest BCUT2D eigenvalue weighted by Gasteiger charge is 2.16. The number of hydrogen-bond donors (Lipinski definition) is 0. The first-order valence-electron chi connectivity index (χ1n) is 7.73. The van der Waals surface area contributed by atoms with Crippen LogP contribution in [0.3, 0.4) is 0 Å². The van der Waals surface area contributed by atoms with Crippen LogP contribution in [-0.4, -0.2) is 18.7 Å². The highest BCUT2D eigenvalue weighted by atomic mass is 16.2. The van der Waals surface area contributed by atoms with Crippen LogP contribution < -0.4 is 11.2 Å². The molecule has 0 bridgehead atoms. The summed E-state index contributed by atoms with van der Waals surface area (Å²) in [5, 5.41) is 0. The summed E-state index contributed by atoms with van der Waals surface area (Å²) < 4.78 is 4.63. The summed E-state index contributed by atoms with van der Waals surface area (Å²) in [5.74, 6) is 0.229. The minimum Gasteiger partial charge on any atom is -0.325 e. The number of allylic oxidation sites excluding steroid dienone is 1. The predicted octanol–water partition coefficient (Wildman–Crippen LogP) is 1.91. The summed E-state index contributed by atoms with van der Waals surface area (Å²) in [6, 6.07) is 0. The van der Waals surface area contributed by atoms with Gasteiger partial charge in [0.1, 0.15) is 0 Å². The fraction of sp³-hybridized carbons (Fsp3) is 0.562. The van der Waals surface area contributed by atoms with E-state index in [0.717, 1.165) is 25.8 Å². The molecular formula is C16H24N4O2. The molecule has 0 N–H and O–H groups in total. The van der Waals surface area contributed by atoms with E-state index in [0.29, 0.717) is 17.7 Å². The lowest BCUT2D eigenvalue weighted by Crippen LogP contribution is -2.40. The van der Waals surface area contributed by atoms with Crippen molar-refractivity contribution >= 4 is 11.2 Å². The lowest BCUT2D eigenvalue weighted by Gasteiger charge is -2.11. The van der Waals surface area contributed by atoms with Gasteiger partial charge in [0.15, 0.2) is 11.2 Å². The molecule has 0 radical (unpaired) electrons. The molecule has 6 heteroatoms. The summed E-state index contributed by atoms with van der Waals surface area (Å²) in [7, 11) is 1.66. The van der Waals surface area contributed by atoms with Gasteiger partial charge >= 0.3 is 5.69 Å². The van der Waals surface area contributed by atoms with Crippen LogP contribution in [0.2, 0.25) is 0 Å². The van der Waals surface area contributed by atoms with Gasteiger partial charge in [0, 0.05) is 20.1 Å². The van der Waals surface area contributed by atoms with Crippen LogP contribution in [0.25, 0.3) is 11.2 Å². The number of rotatable bonds is 7. The van der Waals surface area contributed by atoms with Gasteiger partial charge in [0.25, 0.3) is 5.56 Å². The third kappa shape index (κ3) is 3.05. The number of fused-ring (bicyclic) bond motifs is 1. The second kappa shape index (κ2) is 6.77. The molecule has 0 aliphatic heterocycles. The summed E-state index contributed by atoms with van der Waals surface area (Å²) in [6.45, 7) is 8.83. The van der Waals surface area contributed by atoms with Crippen molar-refractivity contribution in [1.29, 1.82) is 0 Å². The van der Waals surface area contributed by atoms with Gasteiger partial charge in [0.05, 0.1) is 6.33 Å². The van der Waals surface area contributed by atoms with Gasteiger partial charge in [-0.25, -0.2) is 9.78 Å². The van der Waals surface area contributed by atoms with Gasteiger partial charge in [-0.1, -0.05) is 19.9 Å². The van der Waals surface area contributed by atoms with Crippen molar-refractivity contribution in [1.82, 2.24) is 18.7 Å². The first kappa shape index (κ1) is 16.3. The zero-order chi connectivity index (χ0) is 16.3. The Morgan fingerprint density at radius 3 is 2.68 bits per heavy atom. The molecule has 120 valence electrons. The number of aryl methyl sites for hydroxylation is 2. The van der Waals surface area contributed by atoms with E-state index in [1.165, 1.54) is 9.13 Å². The molecular weight excluding hydrogens is 280 g/mol. The molecule has 2 rings (SSSR count). The monoisotopic (exact) mass is 304 g/mol. The molecule has 0 aliphatic carbocycles. The fourth-order valence-electron chi connectivity index (χ4n) is 2.59. The molecule has 22 heavy (non-hydrogen) atoms. The topological polar surface area (TPSA) is 61.8 Å². The maximum Gasteiger partial charge on any atom is 0.332 e. The minimum atomic E-state index is -0.303. The Labute approximate surface area is 129 Å². The largest absolute Gasteiger partial charge is 0.332 e. The SMILES string of the molecule is C=CCCCCn1cnc2c1c(=O)n(CC(C)C)c(=O)n2C. The quantitative estimate of drug-likeness (QED) is 0.580. The number of aromatic nitrogens is 4. The fourth-order valence-corrected chi connectivity index (χ4v) is 2.59. The maximum absolute atomic E-state index is 12.7. The van der Waals surface area contributed by atoms with Gasteiger partial charge in [0.2, 0.25) is 0 Å². The van der Waals surface area contributed by atoms with Crippen molar-refractivity contribution in [2.75, 3.05) is 0 Å². The van der Waals surface area contributed by atoms with Crippen LogP contribution in [0.15, 0.2) is 28.6 Å². The highest BCUT2D eigenvalue weighted by Crippen LogP contribution is 2.08. The van der Waals surface area contributed by atoms with Crippen molar-refractivity contribution in [2.45, 2.75) is 46.2 Å². The third-order valence-electron chi connectivity index (χ3n) is 3.71. The van der Waals surface area contributed by atoms with Gasteiger partial charge in [-0.3, -0.25) is 13.9 Å². The van der Waals surface area contributed by atoms with Gasteiger partial charge in [-0.05, 0) is 25.2 Å². The average Bonchev–Trinajstić information content (AvgIpc) is 2.90. The summed E-state index contributed by atoms with van der Waals surface area (Å²) in [5.41, 5.74) is 0.427. The lowest BCUT2D eigenvalue weighted by atomic mass is 10.2. The van der Waals surface area contributed by atoms with Crippen molar-refractivity contribution in [3.05, 3.63) is 39.8 Å². The Hall–Kier alpha value is -2.11. The smallest absolute Gasteiger partial charge is 0.325 e. The Morgan fingerprint density at radius 2 is 2.05 bits per heavy atom. The van der Waals surface area contributed by atoms with Crippen LogP contribution in [0.4, 0.5) is 0 Å². The Morgan fingerprint density at radius 1 is 1.32 bits per heavy atom. The van der Waals surface area contributed by atoms with E-state index in [1.807, 2.05) is 24.5 Å². The summed E-state index contributed by atoms with van der Waals surface area (Å²) in [4.78, 5) is 29.2. The van der Waals surface area contributed by atoms with E-state index >= 15 is 0 Å². The van der Waals surface area contributed by atoms with E-state index in [-0.39, 0.29) is 17.2 Å². The Kier molecular flexibility index (Phi) is 5.00. The van der Waals surface area contributed by atoms with E-state index < -0.39 is 0 Å². The molecule has 0 saturated carbocycles. The number of unbranched alkanes of at least 4 members (excludes halogenated alkanes) is 2. The molecule has 0 aromatic carbocycles. The van der Waals surface area contributed by atoms with Crippen molar-refractivity contribution in [2.24, 2.45) is 13.0 Å². The first-order valence-corrected chi connectivity index (χ1v) is 7.73. The van der Waals surface area contributed by atoms with E-state index in [4.69, 9.17) is 0 Å². The van der Waals surface area contributed by atoms with Crippen LogP contribution in [0.1, 0.15) is 33.1 Å². The number of nitrogens with zero attached hydrogens (tertiary/aromatic N) is 4. The van der Waals surface area contributed by atoms with E-state index in [2.05, 4.69) is 11.6 Å². The van der Waals surface area contributed by atoms with Crippen LogP contribution in [0, 0.1) is 5.92 Å². The molecule has 2 aromatic rings. The van der Waals surface area contributed by atoms with E-state index in [9.17, 15) is 9.59 Å². The lowest BCUT2D eigenvalue weighted by molar-refractivity contribution is 0.483. The maximum atomic E-state index is 12.7. The minimum absolute atomic E-state index is 0.229. The molecule has 2 aromatic heterocycles. The summed E-state index contributed by atoms with van der Waals surface area (Å²) in [6.07, 6.45) is 6.48. The molecule has 0 spiro atoms. The molecule has 0 unspecified atom stereocenters. The third-order valence-corrected chi connectivity index (χ3v) is 3.71. The van der Waals surface area contributed by atoms with Crippen LogP contribution in [0.5, 0.6) is 0 Å². The van der Waals surface area contributed by atoms with Crippen molar-refractivity contribution in [3.8, 4) is 0 Å². The zero-order valence-electron chi connectivity index (χ0n) is 13.6. The average molecular weight is 304 g/mol. The number of hydrogen-bond acceptors (Lipinski definition) is 3. The zero-order valence-corrected chi connectivity index (χ0v) is 13.6. The number of imidazole rings is 1. The highest BCUT2D eigenvalue weighted by molar-refractivity contribution is 5.69. The van der Waals surface area contributed by atoms with Crippen molar-refractivity contribution < 1.29 is 0 Å². The molecule has 0 fully saturated rings. The Bertz CT molecular complexity index is 780. The predicted molar refractivity (Wildman–Crippen MR) is 88.1 cm³/mol. The van der Waals surface area contributed by atoms with Crippen LogP contribution in [-0.2, 0) is 20.1 Å². The molecule has 0 amide bonds. The van der Waals surface area contributed by atoms with E-state index in [1.54, 1.807) is 13.4 Å². The van der Waals surface area contributed by atoms with Gasteiger partial charge < -0.3 is 4.57 Å². The molecule has 6 nitrogen and oxygen atoms in total. The van der Waals surface area contributed by atoms with Crippen molar-refractivity contribution in [3.63, 3.8) is 0 Å². The molecule has 0 aliphatic rings. The standard InChI is InChI=1S/C16H24N4O2/c1-5-6-7-8-9-19-11-17-14-13(19)15(21)20(10-12(2)3)16(22)18(14)4/h5,11-12H,1,6-10H2,2-4H3. The van der Waals surface area contributed by atoms with Crippen LogP contribution >= 0.6 is 0 Å².